The van der Waals surface area contributed by atoms with Gasteiger partial charge in [0.2, 0.25) is 0 Å². The molecule has 0 N–H and O–H groups in total. The first-order chi connectivity index (χ1) is 12.9. The maximum Gasteiger partial charge on any atom is 0.119 e. The van der Waals surface area contributed by atoms with Gasteiger partial charge in [0, 0.05) is 25.2 Å². The molecule has 3 fully saturated rings. The van der Waals surface area contributed by atoms with Crippen LogP contribution in [0.5, 0.6) is 5.75 Å². The molecule has 27 heavy (non-hydrogen) atoms. The fourth-order valence-electron chi connectivity index (χ4n) is 4.31. The lowest BCUT2D eigenvalue weighted by molar-refractivity contribution is -0.953. The van der Waals surface area contributed by atoms with E-state index in [2.05, 4.69) is 74.2 Å². The van der Waals surface area contributed by atoms with E-state index in [9.17, 15) is 0 Å². The summed E-state index contributed by atoms with van der Waals surface area (Å²) in [5.74, 6) is 0.941. The monoisotopic (exact) mass is 365 g/mol. The van der Waals surface area contributed by atoms with Crippen LogP contribution in [0.1, 0.15) is 37.5 Å². The van der Waals surface area contributed by atoms with Gasteiger partial charge in [0.25, 0.3) is 0 Å². The zero-order chi connectivity index (χ0) is 18.9. The first kappa shape index (κ1) is 18.5. The SMILES string of the molecule is CC(C)(C)c1ccc(OCc2ccc(C[N+]34CCN(CC3)CC4)cc2)cc1. The number of benzene rings is 2. The lowest BCUT2D eigenvalue weighted by Crippen LogP contribution is -2.66. The van der Waals surface area contributed by atoms with Gasteiger partial charge in [-0.3, -0.25) is 4.90 Å². The van der Waals surface area contributed by atoms with Gasteiger partial charge in [-0.2, -0.15) is 0 Å². The number of fused-ring (bicyclic) bond motifs is 3. The van der Waals surface area contributed by atoms with E-state index in [0.29, 0.717) is 6.61 Å². The van der Waals surface area contributed by atoms with Crippen molar-refractivity contribution in [1.29, 1.82) is 0 Å². The Hall–Kier alpha value is -1.84. The van der Waals surface area contributed by atoms with Crippen molar-refractivity contribution < 1.29 is 9.22 Å². The Morgan fingerprint density at radius 3 is 1.93 bits per heavy atom. The maximum absolute atomic E-state index is 5.99. The molecule has 3 saturated heterocycles. The van der Waals surface area contributed by atoms with Crippen LogP contribution in [0.2, 0.25) is 0 Å². The molecule has 3 heteroatoms. The zero-order valence-corrected chi connectivity index (χ0v) is 17.1. The molecule has 2 bridgehead atoms. The second kappa shape index (κ2) is 7.29. The molecule has 3 heterocycles. The summed E-state index contributed by atoms with van der Waals surface area (Å²) >= 11 is 0. The minimum absolute atomic E-state index is 0.182. The normalized spacial score (nSPS) is 24.8. The van der Waals surface area contributed by atoms with E-state index < -0.39 is 0 Å². The van der Waals surface area contributed by atoms with Gasteiger partial charge in [-0.25, -0.2) is 0 Å². The third kappa shape index (κ3) is 4.36. The summed E-state index contributed by atoms with van der Waals surface area (Å²) < 4.78 is 7.27. The highest BCUT2D eigenvalue weighted by atomic mass is 16.5. The maximum atomic E-state index is 5.99. The quantitative estimate of drug-likeness (QED) is 0.736. The molecule has 0 saturated carbocycles. The predicted octanol–water partition coefficient (Wildman–Crippen LogP) is 4.21. The van der Waals surface area contributed by atoms with Crippen molar-refractivity contribution in [1.82, 2.24) is 4.90 Å². The molecule has 3 aliphatic rings. The minimum atomic E-state index is 0.182. The molecule has 0 spiro atoms. The number of rotatable bonds is 5. The summed E-state index contributed by atoms with van der Waals surface area (Å²) in [5.41, 5.74) is 4.22. The van der Waals surface area contributed by atoms with Gasteiger partial charge in [0.1, 0.15) is 18.9 Å². The van der Waals surface area contributed by atoms with Crippen LogP contribution in [0.15, 0.2) is 48.5 Å². The molecule has 0 unspecified atom stereocenters. The largest absolute Gasteiger partial charge is 0.489 e. The average molecular weight is 366 g/mol. The van der Waals surface area contributed by atoms with Gasteiger partial charge in [0.05, 0.1) is 19.6 Å². The van der Waals surface area contributed by atoms with Gasteiger partial charge < -0.3 is 9.22 Å². The molecular weight excluding hydrogens is 332 g/mol. The van der Waals surface area contributed by atoms with E-state index in [1.165, 1.54) is 67.0 Å². The fraction of sp³-hybridized carbons (Fsp3) is 0.500. The van der Waals surface area contributed by atoms with Crippen LogP contribution in [-0.2, 0) is 18.6 Å². The molecule has 5 rings (SSSR count). The summed E-state index contributed by atoms with van der Waals surface area (Å²) in [4.78, 5) is 2.61. The zero-order valence-electron chi connectivity index (χ0n) is 17.1. The first-order valence-corrected chi connectivity index (χ1v) is 10.3. The molecule has 0 amide bonds. The number of hydrogen-bond donors (Lipinski definition) is 0. The Kier molecular flexibility index (Phi) is 5.00. The van der Waals surface area contributed by atoms with Gasteiger partial charge in [-0.15, -0.1) is 0 Å². The van der Waals surface area contributed by atoms with E-state index in [4.69, 9.17) is 4.74 Å². The van der Waals surface area contributed by atoms with Crippen molar-refractivity contribution in [2.24, 2.45) is 0 Å². The van der Waals surface area contributed by atoms with Crippen LogP contribution in [-0.4, -0.2) is 48.7 Å². The number of ether oxygens (including phenoxy) is 1. The molecule has 0 atom stereocenters. The van der Waals surface area contributed by atoms with Crippen molar-refractivity contribution in [3.8, 4) is 5.75 Å². The van der Waals surface area contributed by atoms with Crippen molar-refractivity contribution in [2.45, 2.75) is 39.3 Å². The Labute approximate surface area is 164 Å². The summed E-state index contributed by atoms with van der Waals surface area (Å²) in [7, 11) is 0. The van der Waals surface area contributed by atoms with Crippen molar-refractivity contribution in [3.63, 3.8) is 0 Å². The van der Waals surface area contributed by atoms with E-state index in [-0.39, 0.29) is 5.41 Å². The van der Waals surface area contributed by atoms with Crippen LogP contribution in [0.4, 0.5) is 0 Å². The highest BCUT2D eigenvalue weighted by Crippen LogP contribution is 2.25. The Morgan fingerprint density at radius 1 is 0.815 bits per heavy atom. The fourth-order valence-corrected chi connectivity index (χ4v) is 4.31. The Balaban J connectivity index is 1.33. The minimum Gasteiger partial charge on any atom is -0.489 e. The lowest BCUT2D eigenvalue weighted by Gasteiger charge is -2.50. The summed E-state index contributed by atoms with van der Waals surface area (Å²) in [6.07, 6.45) is 0. The smallest absolute Gasteiger partial charge is 0.119 e. The molecule has 0 radical (unpaired) electrons. The number of hydrogen-bond acceptors (Lipinski definition) is 2. The van der Waals surface area contributed by atoms with Crippen LogP contribution >= 0.6 is 0 Å². The summed E-state index contributed by atoms with van der Waals surface area (Å²) in [6.45, 7) is 16.3. The summed E-state index contributed by atoms with van der Waals surface area (Å²) in [6, 6.07) is 17.6. The van der Waals surface area contributed by atoms with Gasteiger partial charge >= 0.3 is 0 Å². The van der Waals surface area contributed by atoms with Crippen LogP contribution < -0.4 is 4.74 Å². The van der Waals surface area contributed by atoms with Crippen molar-refractivity contribution >= 4 is 0 Å². The number of quaternary nitrogens is 1. The van der Waals surface area contributed by atoms with Crippen molar-refractivity contribution in [3.05, 3.63) is 65.2 Å². The van der Waals surface area contributed by atoms with E-state index in [1.807, 2.05) is 0 Å². The number of nitrogens with zero attached hydrogens (tertiary/aromatic N) is 2. The van der Waals surface area contributed by atoms with Crippen LogP contribution in [0.3, 0.4) is 0 Å². The van der Waals surface area contributed by atoms with Gasteiger partial charge in [-0.05, 0) is 28.7 Å². The second-order valence-electron chi connectivity index (χ2n) is 9.39. The first-order valence-electron chi connectivity index (χ1n) is 10.3. The third-order valence-corrected chi connectivity index (χ3v) is 6.34. The van der Waals surface area contributed by atoms with Gasteiger partial charge in [-0.1, -0.05) is 57.2 Å². The van der Waals surface area contributed by atoms with E-state index in [1.54, 1.807) is 0 Å². The highest BCUT2D eigenvalue weighted by molar-refractivity contribution is 5.31. The topological polar surface area (TPSA) is 12.5 Å². The lowest BCUT2D eigenvalue weighted by atomic mass is 9.87. The van der Waals surface area contributed by atoms with Crippen LogP contribution in [0, 0.1) is 0 Å². The molecule has 144 valence electrons. The molecule has 2 aromatic rings. The predicted molar refractivity (Wildman–Crippen MR) is 111 cm³/mol. The molecule has 0 aliphatic carbocycles. The Bertz CT molecular complexity index is 737. The highest BCUT2D eigenvalue weighted by Gasteiger charge is 2.38. The molecular formula is C24H33N2O+. The van der Waals surface area contributed by atoms with Crippen molar-refractivity contribution in [2.75, 3.05) is 39.3 Å². The Morgan fingerprint density at radius 2 is 1.37 bits per heavy atom. The average Bonchev–Trinajstić information content (AvgIpc) is 2.68. The van der Waals surface area contributed by atoms with E-state index in [0.717, 1.165) is 5.75 Å². The van der Waals surface area contributed by atoms with Crippen LogP contribution in [0.25, 0.3) is 0 Å². The van der Waals surface area contributed by atoms with Gasteiger partial charge in [0.15, 0.2) is 0 Å². The third-order valence-electron chi connectivity index (χ3n) is 6.34. The molecule has 3 aliphatic heterocycles. The standard InChI is InChI=1S/C24H33N2O/c1-24(2,3)22-8-10-23(11-9-22)27-19-21-6-4-20(5-7-21)18-26-15-12-25(13-16-26)14-17-26/h4-11H,12-19H2,1-3H3/q+1. The molecule has 3 nitrogen and oxygen atoms in total. The summed E-state index contributed by atoms with van der Waals surface area (Å²) in [5, 5.41) is 0. The molecule has 0 aromatic heterocycles. The van der Waals surface area contributed by atoms with E-state index >= 15 is 0 Å². The number of piperazine rings is 3. The second-order valence-corrected chi connectivity index (χ2v) is 9.39. The molecule has 2 aromatic carbocycles.